The lowest BCUT2D eigenvalue weighted by Gasteiger charge is -2.12. The number of carbonyl (C=O) groups is 2. The van der Waals surface area contributed by atoms with Crippen molar-refractivity contribution in [3.63, 3.8) is 0 Å². The highest BCUT2D eigenvalue weighted by Gasteiger charge is 2.15. The minimum atomic E-state index is -0.394. The molecule has 0 aliphatic carbocycles. The lowest BCUT2D eigenvalue weighted by atomic mass is 10.1. The number of nitrogens with one attached hydrogen (secondary N) is 2. The van der Waals surface area contributed by atoms with Gasteiger partial charge in [-0.25, -0.2) is 0 Å². The maximum absolute atomic E-state index is 12.8. The fraction of sp³-hybridized carbons (Fsp3) is 0.0833. The molecule has 3 rings (SSSR count). The Morgan fingerprint density at radius 3 is 2.24 bits per heavy atom. The summed E-state index contributed by atoms with van der Waals surface area (Å²) in [4.78, 5) is 25.5. The fourth-order valence-corrected chi connectivity index (χ4v) is 2.87. The van der Waals surface area contributed by atoms with E-state index in [9.17, 15) is 9.59 Å². The van der Waals surface area contributed by atoms with E-state index in [2.05, 4.69) is 10.6 Å². The highest BCUT2D eigenvalue weighted by molar-refractivity contribution is 6.32. The smallest absolute Gasteiger partial charge is 0.268 e. The van der Waals surface area contributed by atoms with Gasteiger partial charge < -0.3 is 10.6 Å². The minimum absolute atomic E-state index is 0.125. The summed E-state index contributed by atoms with van der Waals surface area (Å²) in [6.45, 7) is 2.29. The quantitative estimate of drug-likeness (QED) is 0.583. The topological polar surface area (TPSA) is 58.2 Å². The molecule has 0 spiro atoms. The van der Waals surface area contributed by atoms with Crippen molar-refractivity contribution in [1.29, 1.82) is 0 Å². The lowest BCUT2D eigenvalue weighted by molar-refractivity contribution is -0.117. The van der Waals surface area contributed by atoms with Crippen LogP contribution in [0.15, 0.2) is 84.6 Å². The van der Waals surface area contributed by atoms with E-state index in [0.717, 1.165) is 11.1 Å². The molecular formula is C24H21ClN2O2. The van der Waals surface area contributed by atoms with Gasteiger partial charge in [0.05, 0.1) is 0 Å². The first kappa shape index (κ1) is 20.4. The maximum atomic E-state index is 12.8. The van der Waals surface area contributed by atoms with Gasteiger partial charge >= 0.3 is 0 Å². The molecule has 29 heavy (non-hydrogen) atoms. The first-order valence-electron chi connectivity index (χ1n) is 9.19. The van der Waals surface area contributed by atoms with Crippen LogP contribution < -0.4 is 10.6 Å². The third-order valence-corrected chi connectivity index (χ3v) is 4.65. The second-order valence-corrected chi connectivity index (χ2v) is 6.98. The predicted octanol–water partition coefficient (Wildman–Crippen LogP) is 4.74. The van der Waals surface area contributed by atoms with Gasteiger partial charge in [0.15, 0.2) is 0 Å². The van der Waals surface area contributed by atoms with E-state index in [1.807, 2.05) is 55.5 Å². The van der Waals surface area contributed by atoms with Gasteiger partial charge in [0.1, 0.15) is 5.70 Å². The molecule has 0 heterocycles. The number of carbonyl (C=O) groups excluding carboxylic acids is 2. The van der Waals surface area contributed by atoms with Crippen LogP contribution in [0.1, 0.15) is 27.0 Å². The molecule has 3 aromatic rings. The Kier molecular flexibility index (Phi) is 6.82. The number of halogens is 1. The third-order valence-electron chi connectivity index (χ3n) is 4.31. The van der Waals surface area contributed by atoms with Crippen LogP contribution in [0.4, 0.5) is 0 Å². The molecule has 4 nitrogen and oxygen atoms in total. The molecule has 0 bridgehead atoms. The Morgan fingerprint density at radius 2 is 1.55 bits per heavy atom. The van der Waals surface area contributed by atoms with Crippen molar-refractivity contribution in [3.8, 4) is 0 Å². The van der Waals surface area contributed by atoms with Crippen molar-refractivity contribution in [2.24, 2.45) is 0 Å². The van der Waals surface area contributed by atoms with Crippen molar-refractivity contribution in [3.05, 3.63) is 112 Å². The van der Waals surface area contributed by atoms with Gasteiger partial charge in [-0.05, 0) is 42.3 Å². The van der Waals surface area contributed by atoms with Crippen molar-refractivity contribution in [2.75, 3.05) is 0 Å². The van der Waals surface area contributed by atoms with Gasteiger partial charge in [-0.2, -0.15) is 0 Å². The van der Waals surface area contributed by atoms with E-state index in [-0.39, 0.29) is 11.6 Å². The number of amides is 2. The summed E-state index contributed by atoms with van der Waals surface area (Å²) in [6, 6.07) is 23.8. The van der Waals surface area contributed by atoms with E-state index in [0.29, 0.717) is 22.7 Å². The van der Waals surface area contributed by atoms with Gasteiger partial charge in [-0.15, -0.1) is 0 Å². The zero-order valence-electron chi connectivity index (χ0n) is 16.0. The number of aryl methyl sites for hydroxylation is 1. The summed E-state index contributed by atoms with van der Waals surface area (Å²) in [6.07, 6.45) is 1.58. The third kappa shape index (κ3) is 5.80. The molecule has 2 amide bonds. The Morgan fingerprint density at radius 1 is 0.897 bits per heavy atom. The summed E-state index contributed by atoms with van der Waals surface area (Å²) in [5.74, 6) is -0.757. The highest BCUT2D eigenvalue weighted by atomic mass is 35.5. The van der Waals surface area contributed by atoms with Crippen LogP contribution in [-0.2, 0) is 11.3 Å². The van der Waals surface area contributed by atoms with Crippen LogP contribution in [0.2, 0.25) is 5.02 Å². The van der Waals surface area contributed by atoms with Crippen LogP contribution in [0.5, 0.6) is 0 Å². The summed E-state index contributed by atoms with van der Waals surface area (Å²) in [7, 11) is 0. The number of rotatable bonds is 6. The molecule has 146 valence electrons. The Labute approximate surface area is 175 Å². The molecule has 3 aromatic carbocycles. The summed E-state index contributed by atoms with van der Waals surface area (Å²) in [5, 5.41) is 6.05. The molecule has 0 aromatic heterocycles. The molecule has 2 N–H and O–H groups in total. The first-order chi connectivity index (χ1) is 14.0. The van der Waals surface area contributed by atoms with Crippen LogP contribution in [0.3, 0.4) is 0 Å². The van der Waals surface area contributed by atoms with Crippen LogP contribution in [0, 0.1) is 6.92 Å². The summed E-state index contributed by atoms with van der Waals surface area (Å²) >= 11 is 6.23. The van der Waals surface area contributed by atoms with Crippen molar-refractivity contribution in [1.82, 2.24) is 10.6 Å². The highest BCUT2D eigenvalue weighted by Crippen LogP contribution is 2.18. The Hall–Kier alpha value is -3.37. The van der Waals surface area contributed by atoms with E-state index in [1.165, 1.54) is 0 Å². The molecule has 0 radical (unpaired) electrons. The van der Waals surface area contributed by atoms with Crippen molar-refractivity contribution < 1.29 is 9.59 Å². The maximum Gasteiger partial charge on any atom is 0.268 e. The van der Waals surface area contributed by atoms with E-state index >= 15 is 0 Å². The SMILES string of the molecule is Cc1ccc(C(=O)N/C(=C\c2ccccc2Cl)C(=O)NCc2ccccc2)cc1. The normalized spacial score (nSPS) is 11.0. The molecule has 0 aliphatic heterocycles. The second kappa shape index (κ2) is 9.71. The van der Waals surface area contributed by atoms with E-state index < -0.39 is 5.91 Å². The largest absolute Gasteiger partial charge is 0.347 e. The van der Waals surface area contributed by atoms with E-state index in [1.54, 1.807) is 36.4 Å². The number of hydrogen-bond acceptors (Lipinski definition) is 2. The second-order valence-electron chi connectivity index (χ2n) is 6.57. The molecule has 0 saturated heterocycles. The fourth-order valence-electron chi connectivity index (χ4n) is 2.68. The zero-order valence-corrected chi connectivity index (χ0v) is 16.7. The first-order valence-corrected chi connectivity index (χ1v) is 9.57. The molecule has 0 fully saturated rings. The van der Waals surface area contributed by atoms with Crippen molar-refractivity contribution >= 4 is 29.5 Å². The van der Waals surface area contributed by atoms with E-state index in [4.69, 9.17) is 11.6 Å². The van der Waals surface area contributed by atoms with Gasteiger partial charge in [0.2, 0.25) is 0 Å². The lowest BCUT2D eigenvalue weighted by Crippen LogP contribution is -2.34. The standard InChI is InChI=1S/C24H21ClN2O2/c1-17-11-13-19(14-12-17)23(28)27-22(15-20-9-5-6-10-21(20)25)24(29)26-16-18-7-3-2-4-8-18/h2-15H,16H2,1H3,(H,26,29)(H,27,28)/b22-15-. The molecule has 0 unspecified atom stereocenters. The van der Waals surface area contributed by atoms with Crippen LogP contribution in [-0.4, -0.2) is 11.8 Å². The average Bonchev–Trinajstić information content (AvgIpc) is 2.74. The van der Waals surface area contributed by atoms with Gasteiger partial charge in [-0.3, -0.25) is 9.59 Å². The Bertz CT molecular complexity index is 1030. The minimum Gasteiger partial charge on any atom is -0.347 e. The summed E-state index contributed by atoms with van der Waals surface area (Å²) in [5.41, 5.74) is 3.25. The summed E-state index contributed by atoms with van der Waals surface area (Å²) < 4.78 is 0. The molecular weight excluding hydrogens is 384 g/mol. The molecule has 5 heteroatoms. The zero-order chi connectivity index (χ0) is 20.6. The molecule has 0 aliphatic rings. The average molecular weight is 405 g/mol. The van der Waals surface area contributed by atoms with Crippen LogP contribution >= 0.6 is 11.6 Å². The molecule has 0 saturated carbocycles. The molecule has 0 atom stereocenters. The number of hydrogen-bond donors (Lipinski definition) is 2. The van der Waals surface area contributed by atoms with Gasteiger partial charge in [-0.1, -0.05) is 77.8 Å². The van der Waals surface area contributed by atoms with Crippen molar-refractivity contribution in [2.45, 2.75) is 13.5 Å². The monoisotopic (exact) mass is 404 g/mol. The number of benzene rings is 3. The van der Waals surface area contributed by atoms with Crippen LogP contribution in [0.25, 0.3) is 6.08 Å². The predicted molar refractivity (Wildman–Crippen MR) is 116 cm³/mol. The van der Waals surface area contributed by atoms with Gasteiger partial charge in [0.25, 0.3) is 11.8 Å². The Balaban J connectivity index is 1.83. The van der Waals surface area contributed by atoms with Gasteiger partial charge in [0, 0.05) is 17.1 Å².